The minimum absolute atomic E-state index is 0.190. The second kappa shape index (κ2) is 7.66. The van der Waals surface area contributed by atoms with E-state index in [-0.39, 0.29) is 5.92 Å². The minimum Gasteiger partial charge on any atom is -0.0622 e. The van der Waals surface area contributed by atoms with Crippen LogP contribution in [0.25, 0.3) is 11.1 Å². The van der Waals surface area contributed by atoms with Gasteiger partial charge in [0, 0.05) is 17.1 Å². The van der Waals surface area contributed by atoms with Crippen molar-refractivity contribution in [2.45, 2.75) is 5.92 Å². The fourth-order valence-corrected chi connectivity index (χ4v) is 4.13. The standard InChI is InChI=1S/C29H20/c1-4-12-22(13-5-1)20-21-27-25-18-10-11-19-26(25)28(23-14-6-2-7-15-23)29(27)24-16-8-3-9-17-24/h1-19,28H/t28-/m0/s1. The molecule has 29 heavy (non-hydrogen) atoms. The first-order valence-corrected chi connectivity index (χ1v) is 9.93. The van der Waals surface area contributed by atoms with Gasteiger partial charge in [0.25, 0.3) is 0 Å². The predicted molar refractivity (Wildman–Crippen MR) is 121 cm³/mol. The highest BCUT2D eigenvalue weighted by Crippen LogP contribution is 2.49. The van der Waals surface area contributed by atoms with E-state index < -0.39 is 0 Å². The Morgan fingerprint density at radius 1 is 0.517 bits per heavy atom. The zero-order valence-corrected chi connectivity index (χ0v) is 16.0. The molecule has 136 valence electrons. The molecule has 0 radical (unpaired) electrons. The normalized spacial score (nSPS) is 14.8. The molecule has 4 aromatic carbocycles. The van der Waals surface area contributed by atoms with Crippen molar-refractivity contribution in [1.82, 2.24) is 0 Å². The maximum Gasteiger partial charge on any atom is 0.0372 e. The van der Waals surface area contributed by atoms with Crippen LogP contribution in [0.5, 0.6) is 0 Å². The molecule has 0 aliphatic heterocycles. The average molecular weight is 368 g/mol. The Hall–Kier alpha value is -3.82. The first-order chi connectivity index (χ1) is 14.4. The van der Waals surface area contributed by atoms with E-state index in [9.17, 15) is 0 Å². The van der Waals surface area contributed by atoms with Crippen LogP contribution < -0.4 is 0 Å². The number of hydrogen-bond donors (Lipinski definition) is 0. The third-order valence-electron chi connectivity index (χ3n) is 5.42. The summed E-state index contributed by atoms with van der Waals surface area (Å²) in [7, 11) is 0. The van der Waals surface area contributed by atoms with Gasteiger partial charge in [-0.15, -0.1) is 0 Å². The van der Waals surface area contributed by atoms with E-state index in [0.717, 1.165) is 11.1 Å². The Morgan fingerprint density at radius 2 is 1.10 bits per heavy atom. The van der Waals surface area contributed by atoms with Gasteiger partial charge < -0.3 is 0 Å². The third kappa shape index (κ3) is 3.28. The van der Waals surface area contributed by atoms with Crippen molar-refractivity contribution in [3.05, 3.63) is 143 Å². The van der Waals surface area contributed by atoms with Crippen LogP contribution in [0.1, 0.15) is 33.7 Å². The molecule has 4 aromatic rings. The lowest BCUT2D eigenvalue weighted by Crippen LogP contribution is -2.01. The largest absolute Gasteiger partial charge is 0.0622 e. The van der Waals surface area contributed by atoms with Crippen LogP contribution in [-0.2, 0) is 0 Å². The Balaban J connectivity index is 1.77. The minimum atomic E-state index is 0.190. The van der Waals surface area contributed by atoms with Gasteiger partial charge in [0.2, 0.25) is 0 Å². The molecule has 0 heteroatoms. The van der Waals surface area contributed by atoms with Crippen LogP contribution in [0.15, 0.2) is 115 Å². The number of benzene rings is 4. The second-order valence-corrected chi connectivity index (χ2v) is 7.20. The van der Waals surface area contributed by atoms with Gasteiger partial charge in [-0.25, -0.2) is 0 Å². The van der Waals surface area contributed by atoms with Gasteiger partial charge in [0.05, 0.1) is 0 Å². The molecule has 5 rings (SSSR count). The molecule has 0 N–H and O–H groups in total. The monoisotopic (exact) mass is 368 g/mol. The summed E-state index contributed by atoms with van der Waals surface area (Å²) >= 11 is 0. The van der Waals surface area contributed by atoms with E-state index in [1.54, 1.807) is 0 Å². The van der Waals surface area contributed by atoms with Crippen LogP contribution >= 0.6 is 0 Å². The summed E-state index contributed by atoms with van der Waals surface area (Å²) < 4.78 is 0. The number of fused-ring (bicyclic) bond motifs is 1. The molecule has 1 aliphatic rings. The smallest absolute Gasteiger partial charge is 0.0372 e. The summed E-state index contributed by atoms with van der Waals surface area (Å²) in [5.74, 6) is 7.11. The molecule has 1 aliphatic carbocycles. The zero-order chi connectivity index (χ0) is 19.5. The Kier molecular flexibility index (Phi) is 4.57. The van der Waals surface area contributed by atoms with Gasteiger partial charge in [-0.1, -0.05) is 115 Å². The average Bonchev–Trinajstić information content (AvgIpc) is 3.14. The van der Waals surface area contributed by atoms with Crippen molar-refractivity contribution in [2.24, 2.45) is 0 Å². The molecular weight excluding hydrogens is 348 g/mol. The first-order valence-electron chi connectivity index (χ1n) is 9.93. The maximum absolute atomic E-state index is 3.53. The molecule has 0 spiro atoms. The van der Waals surface area contributed by atoms with Gasteiger partial charge in [0.1, 0.15) is 0 Å². The van der Waals surface area contributed by atoms with Gasteiger partial charge >= 0.3 is 0 Å². The first kappa shape index (κ1) is 17.3. The Bertz CT molecular complexity index is 1220. The molecule has 0 fully saturated rings. The van der Waals surface area contributed by atoms with E-state index in [4.69, 9.17) is 0 Å². The van der Waals surface area contributed by atoms with Gasteiger partial charge in [-0.3, -0.25) is 0 Å². The van der Waals surface area contributed by atoms with Crippen molar-refractivity contribution in [3.63, 3.8) is 0 Å². The van der Waals surface area contributed by atoms with Crippen LogP contribution in [0.4, 0.5) is 0 Å². The lowest BCUT2D eigenvalue weighted by atomic mass is 9.85. The fraction of sp³-hybridized carbons (Fsp3) is 0.0345. The molecule has 0 saturated carbocycles. The quantitative estimate of drug-likeness (QED) is 0.342. The molecule has 0 saturated heterocycles. The predicted octanol–water partition coefficient (Wildman–Crippen LogP) is 6.79. The highest BCUT2D eigenvalue weighted by Gasteiger charge is 2.32. The van der Waals surface area contributed by atoms with Crippen LogP contribution in [0.2, 0.25) is 0 Å². The van der Waals surface area contributed by atoms with E-state index >= 15 is 0 Å². The van der Waals surface area contributed by atoms with E-state index in [1.807, 2.05) is 18.2 Å². The van der Waals surface area contributed by atoms with Gasteiger partial charge in [-0.05, 0) is 40.0 Å². The Labute approximate surface area is 172 Å². The van der Waals surface area contributed by atoms with E-state index in [2.05, 4.69) is 109 Å². The molecule has 0 unspecified atom stereocenters. The number of rotatable bonds is 2. The van der Waals surface area contributed by atoms with Crippen LogP contribution in [0, 0.1) is 11.8 Å². The topological polar surface area (TPSA) is 0 Å². The second-order valence-electron chi connectivity index (χ2n) is 7.20. The van der Waals surface area contributed by atoms with E-state index in [0.29, 0.717) is 0 Å². The summed E-state index contributed by atoms with van der Waals surface area (Å²) in [6, 6.07) is 40.3. The molecule has 0 amide bonds. The third-order valence-corrected chi connectivity index (χ3v) is 5.42. The van der Waals surface area contributed by atoms with Gasteiger partial charge in [0.15, 0.2) is 0 Å². The van der Waals surface area contributed by atoms with Crippen molar-refractivity contribution >= 4 is 11.1 Å². The fourth-order valence-electron chi connectivity index (χ4n) is 4.13. The van der Waals surface area contributed by atoms with Gasteiger partial charge in [-0.2, -0.15) is 0 Å². The van der Waals surface area contributed by atoms with Crippen LogP contribution in [-0.4, -0.2) is 0 Å². The molecular formula is C29H20. The zero-order valence-electron chi connectivity index (χ0n) is 16.0. The molecule has 0 bridgehead atoms. The van der Waals surface area contributed by atoms with Crippen molar-refractivity contribution in [2.75, 3.05) is 0 Å². The molecule has 0 nitrogen and oxygen atoms in total. The number of hydrogen-bond acceptors (Lipinski definition) is 0. The molecule has 0 aromatic heterocycles. The summed E-state index contributed by atoms with van der Waals surface area (Å²) in [5, 5.41) is 0. The summed E-state index contributed by atoms with van der Waals surface area (Å²) in [5.41, 5.74) is 8.56. The molecule has 1 atom stereocenters. The summed E-state index contributed by atoms with van der Waals surface area (Å²) in [4.78, 5) is 0. The van der Waals surface area contributed by atoms with Crippen molar-refractivity contribution < 1.29 is 0 Å². The van der Waals surface area contributed by atoms with Crippen molar-refractivity contribution in [3.8, 4) is 11.8 Å². The lowest BCUT2D eigenvalue weighted by Gasteiger charge is -2.18. The summed E-state index contributed by atoms with van der Waals surface area (Å²) in [6.07, 6.45) is 0. The molecule has 0 heterocycles. The van der Waals surface area contributed by atoms with E-state index in [1.165, 1.54) is 27.8 Å². The highest BCUT2D eigenvalue weighted by molar-refractivity contribution is 6.06. The SMILES string of the molecule is C(#Cc1ccccc1)C1=C(c2ccccc2)[C@@H](c2ccccc2)c2ccccc21. The highest BCUT2D eigenvalue weighted by atomic mass is 14.3. The summed E-state index contributed by atoms with van der Waals surface area (Å²) in [6.45, 7) is 0. The lowest BCUT2D eigenvalue weighted by molar-refractivity contribution is 1.07. The maximum atomic E-state index is 3.53. The van der Waals surface area contributed by atoms with Crippen molar-refractivity contribution in [1.29, 1.82) is 0 Å². The van der Waals surface area contributed by atoms with Crippen LogP contribution in [0.3, 0.4) is 0 Å². The Morgan fingerprint density at radius 3 is 1.83 bits per heavy atom. The number of allylic oxidation sites excluding steroid dienone is 2.